The van der Waals surface area contributed by atoms with Crippen LogP contribution in [-0.2, 0) is 4.74 Å². The first-order valence-corrected chi connectivity index (χ1v) is 3.56. The largest absolute Gasteiger partial charge is 0.394 e. The highest BCUT2D eigenvalue weighted by Crippen LogP contribution is 2.21. The molecule has 1 heterocycles. The minimum Gasteiger partial charge on any atom is -0.394 e. The molecule has 0 radical (unpaired) electrons. The molecule has 0 aromatic heterocycles. The third-order valence-corrected chi connectivity index (χ3v) is 1.84. The summed E-state index contributed by atoms with van der Waals surface area (Å²) >= 11 is 0. The standard InChI is InChI=1S/C6H12O6/c7-1-2(8)5-3(9)4(10)6(11)12-5/h2-11H,1H2/t2?,3-,4+,5-,6-/m1/s1. The zero-order valence-corrected chi connectivity index (χ0v) is 6.24. The summed E-state index contributed by atoms with van der Waals surface area (Å²) in [6, 6.07) is 0. The highest BCUT2D eigenvalue weighted by atomic mass is 16.6. The second-order valence-corrected chi connectivity index (χ2v) is 2.72. The highest BCUT2D eigenvalue weighted by Gasteiger charge is 2.44. The molecular weight excluding hydrogens is 168 g/mol. The molecule has 5 N–H and O–H groups in total. The lowest BCUT2D eigenvalue weighted by Crippen LogP contribution is -2.40. The van der Waals surface area contributed by atoms with Gasteiger partial charge in [0.1, 0.15) is 24.4 Å². The fourth-order valence-electron chi connectivity index (χ4n) is 1.11. The maximum Gasteiger partial charge on any atom is 0.184 e. The summed E-state index contributed by atoms with van der Waals surface area (Å²) in [5.41, 5.74) is 0. The zero-order chi connectivity index (χ0) is 9.30. The van der Waals surface area contributed by atoms with Crippen molar-refractivity contribution in [2.24, 2.45) is 0 Å². The lowest BCUT2D eigenvalue weighted by Gasteiger charge is -2.18. The smallest absolute Gasteiger partial charge is 0.184 e. The predicted molar refractivity (Wildman–Crippen MR) is 36.0 cm³/mol. The molecule has 0 amide bonds. The van der Waals surface area contributed by atoms with Crippen LogP contribution < -0.4 is 0 Å². The van der Waals surface area contributed by atoms with Crippen molar-refractivity contribution in [3.05, 3.63) is 0 Å². The summed E-state index contributed by atoms with van der Waals surface area (Å²) in [7, 11) is 0. The Bertz CT molecular complexity index is 151. The summed E-state index contributed by atoms with van der Waals surface area (Å²) in [4.78, 5) is 0. The average Bonchev–Trinajstić information content (AvgIpc) is 2.32. The van der Waals surface area contributed by atoms with Gasteiger partial charge in [-0.1, -0.05) is 0 Å². The molecule has 1 unspecified atom stereocenters. The van der Waals surface area contributed by atoms with Gasteiger partial charge in [0.25, 0.3) is 0 Å². The molecule has 6 heteroatoms. The quantitative estimate of drug-likeness (QED) is 0.306. The lowest BCUT2D eigenvalue weighted by molar-refractivity contribution is -0.150. The van der Waals surface area contributed by atoms with Crippen molar-refractivity contribution < 1.29 is 30.3 Å². The lowest BCUT2D eigenvalue weighted by atomic mass is 10.1. The van der Waals surface area contributed by atoms with Crippen LogP contribution in [0.4, 0.5) is 0 Å². The van der Waals surface area contributed by atoms with E-state index in [9.17, 15) is 0 Å². The van der Waals surface area contributed by atoms with Gasteiger partial charge in [0.05, 0.1) is 6.61 Å². The van der Waals surface area contributed by atoms with Gasteiger partial charge < -0.3 is 30.3 Å². The van der Waals surface area contributed by atoms with Crippen LogP contribution in [0.3, 0.4) is 0 Å². The van der Waals surface area contributed by atoms with Crippen LogP contribution in [0.25, 0.3) is 0 Å². The van der Waals surface area contributed by atoms with E-state index in [1.54, 1.807) is 0 Å². The van der Waals surface area contributed by atoms with Gasteiger partial charge in [-0.3, -0.25) is 0 Å². The number of ether oxygens (including phenoxy) is 1. The summed E-state index contributed by atoms with van der Waals surface area (Å²) in [5, 5.41) is 44.4. The van der Waals surface area contributed by atoms with E-state index >= 15 is 0 Å². The Morgan fingerprint density at radius 1 is 1.17 bits per heavy atom. The van der Waals surface area contributed by atoms with E-state index in [1.165, 1.54) is 0 Å². The second-order valence-electron chi connectivity index (χ2n) is 2.72. The summed E-state index contributed by atoms with van der Waals surface area (Å²) in [6.45, 7) is -0.596. The minimum atomic E-state index is -1.51. The first-order chi connectivity index (χ1) is 5.57. The van der Waals surface area contributed by atoms with Gasteiger partial charge in [-0.2, -0.15) is 0 Å². The van der Waals surface area contributed by atoms with Crippen molar-refractivity contribution >= 4 is 0 Å². The maximum absolute atomic E-state index is 9.12. The van der Waals surface area contributed by atoms with Crippen LogP contribution in [0.2, 0.25) is 0 Å². The molecule has 0 spiro atoms. The van der Waals surface area contributed by atoms with E-state index in [2.05, 4.69) is 4.74 Å². The van der Waals surface area contributed by atoms with Crippen molar-refractivity contribution in [2.45, 2.75) is 30.7 Å². The van der Waals surface area contributed by atoms with Crippen LogP contribution in [0.5, 0.6) is 0 Å². The number of rotatable bonds is 2. The van der Waals surface area contributed by atoms with Crippen molar-refractivity contribution in [2.75, 3.05) is 6.61 Å². The topological polar surface area (TPSA) is 110 Å². The van der Waals surface area contributed by atoms with E-state index in [1.807, 2.05) is 0 Å². The predicted octanol–water partition coefficient (Wildman–Crippen LogP) is -3.22. The van der Waals surface area contributed by atoms with E-state index in [0.717, 1.165) is 0 Å². The molecule has 1 rings (SSSR count). The Kier molecular flexibility index (Phi) is 2.99. The Hall–Kier alpha value is -0.240. The second kappa shape index (κ2) is 3.65. The molecule has 0 bridgehead atoms. The number of aliphatic hydroxyl groups is 5. The number of hydrogen-bond acceptors (Lipinski definition) is 6. The van der Waals surface area contributed by atoms with Crippen molar-refractivity contribution in [1.29, 1.82) is 0 Å². The van der Waals surface area contributed by atoms with Crippen LogP contribution in [0.15, 0.2) is 0 Å². The fraction of sp³-hybridized carbons (Fsp3) is 1.00. The molecule has 1 aliphatic rings. The summed E-state index contributed by atoms with van der Waals surface area (Å²) in [5.74, 6) is 0. The summed E-state index contributed by atoms with van der Waals surface area (Å²) in [6.07, 6.45) is -6.75. The number of aliphatic hydroxyl groups excluding tert-OH is 5. The molecule has 1 aliphatic heterocycles. The van der Waals surface area contributed by atoms with Crippen LogP contribution in [-0.4, -0.2) is 62.8 Å². The average molecular weight is 180 g/mol. The molecule has 1 fully saturated rings. The van der Waals surface area contributed by atoms with Crippen LogP contribution in [0.1, 0.15) is 0 Å². The fourth-order valence-corrected chi connectivity index (χ4v) is 1.11. The van der Waals surface area contributed by atoms with Gasteiger partial charge in [-0.15, -0.1) is 0 Å². The first kappa shape index (κ1) is 9.85. The Labute approximate surface area is 68.6 Å². The Morgan fingerprint density at radius 2 is 1.75 bits per heavy atom. The molecule has 0 saturated carbocycles. The third kappa shape index (κ3) is 1.58. The maximum atomic E-state index is 9.12. The van der Waals surface area contributed by atoms with E-state index < -0.39 is 37.3 Å². The van der Waals surface area contributed by atoms with Gasteiger partial charge in [-0.05, 0) is 0 Å². The minimum absolute atomic E-state index is 0.596. The van der Waals surface area contributed by atoms with Crippen molar-refractivity contribution in [1.82, 2.24) is 0 Å². The van der Waals surface area contributed by atoms with E-state index in [0.29, 0.717) is 0 Å². The molecule has 6 nitrogen and oxygen atoms in total. The number of hydrogen-bond donors (Lipinski definition) is 5. The molecule has 5 atom stereocenters. The Morgan fingerprint density at radius 3 is 2.08 bits per heavy atom. The molecule has 12 heavy (non-hydrogen) atoms. The van der Waals surface area contributed by atoms with Crippen molar-refractivity contribution in [3.8, 4) is 0 Å². The highest BCUT2D eigenvalue weighted by molar-refractivity contribution is 4.89. The molecule has 72 valence electrons. The molecule has 0 aromatic rings. The normalized spacial score (nSPS) is 44.8. The van der Waals surface area contributed by atoms with Gasteiger partial charge in [0.15, 0.2) is 6.29 Å². The SMILES string of the molecule is OCC(O)[C@H]1O[C@@H](O)[C@@H](O)[C@H]1O. The first-order valence-electron chi connectivity index (χ1n) is 3.56. The third-order valence-electron chi connectivity index (χ3n) is 1.84. The summed E-state index contributed by atoms with van der Waals surface area (Å²) < 4.78 is 4.58. The molecular formula is C6H12O6. The zero-order valence-electron chi connectivity index (χ0n) is 6.24. The Balaban J connectivity index is 2.58. The van der Waals surface area contributed by atoms with Gasteiger partial charge >= 0.3 is 0 Å². The monoisotopic (exact) mass is 180 g/mol. The molecule has 0 aliphatic carbocycles. The van der Waals surface area contributed by atoms with Gasteiger partial charge in [0.2, 0.25) is 0 Å². The van der Waals surface area contributed by atoms with E-state index in [-0.39, 0.29) is 0 Å². The van der Waals surface area contributed by atoms with Crippen LogP contribution >= 0.6 is 0 Å². The molecule has 1 saturated heterocycles. The van der Waals surface area contributed by atoms with Crippen molar-refractivity contribution in [3.63, 3.8) is 0 Å². The molecule has 0 aromatic carbocycles. The van der Waals surface area contributed by atoms with Gasteiger partial charge in [-0.25, -0.2) is 0 Å². The van der Waals surface area contributed by atoms with Crippen LogP contribution in [0, 0.1) is 0 Å². The van der Waals surface area contributed by atoms with E-state index in [4.69, 9.17) is 25.5 Å². The van der Waals surface area contributed by atoms with Gasteiger partial charge in [0, 0.05) is 0 Å².